The monoisotopic (exact) mass is 339 g/mol. The van der Waals surface area contributed by atoms with E-state index in [0.717, 1.165) is 5.56 Å². The molecular formula is C20H21NO4. The molecule has 25 heavy (non-hydrogen) atoms. The van der Waals surface area contributed by atoms with Gasteiger partial charge >= 0.3 is 0 Å². The summed E-state index contributed by atoms with van der Waals surface area (Å²) in [5.41, 5.74) is 0.985. The quantitative estimate of drug-likeness (QED) is 0.914. The van der Waals surface area contributed by atoms with Gasteiger partial charge in [-0.3, -0.25) is 14.5 Å². The molecule has 1 aromatic carbocycles. The molecule has 130 valence electrons. The Hall–Kier alpha value is -2.82. The highest BCUT2D eigenvalue weighted by Gasteiger charge is 2.47. The number of carbonyl (C=O) groups excluding carboxylic acids is 2. The number of hydrogen-bond acceptors (Lipinski definition) is 4. The molecule has 1 amide bonds. The maximum Gasteiger partial charge on any atom is 0.294 e. The maximum atomic E-state index is 12.9. The molecule has 3 rings (SSSR count). The van der Waals surface area contributed by atoms with Crippen molar-refractivity contribution in [1.82, 2.24) is 0 Å². The van der Waals surface area contributed by atoms with Crippen LogP contribution < -0.4 is 4.90 Å². The van der Waals surface area contributed by atoms with Gasteiger partial charge in [-0.15, -0.1) is 0 Å². The molecule has 0 spiro atoms. The smallest absolute Gasteiger partial charge is 0.294 e. The Balaban J connectivity index is 2.16. The van der Waals surface area contributed by atoms with Crippen LogP contribution in [0.3, 0.4) is 0 Å². The molecule has 0 bridgehead atoms. The molecule has 1 N–H and O–H groups in total. The zero-order valence-electron chi connectivity index (χ0n) is 14.7. The summed E-state index contributed by atoms with van der Waals surface area (Å²) in [6, 6.07) is 9.96. The zero-order valence-corrected chi connectivity index (χ0v) is 14.7. The number of Topliss-reactive ketones (excluding diaryl/α,β-unsaturated/α-hetero) is 1. The van der Waals surface area contributed by atoms with E-state index in [4.69, 9.17) is 4.42 Å². The molecule has 0 fully saturated rings. The molecule has 1 aromatic heterocycles. The summed E-state index contributed by atoms with van der Waals surface area (Å²) in [5.74, 6) is -0.959. The molecule has 0 aliphatic carbocycles. The summed E-state index contributed by atoms with van der Waals surface area (Å²) in [4.78, 5) is 27.1. The summed E-state index contributed by atoms with van der Waals surface area (Å²) >= 11 is 0. The second-order valence-corrected chi connectivity index (χ2v) is 7.27. The highest BCUT2D eigenvalue weighted by atomic mass is 16.3. The van der Waals surface area contributed by atoms with E-state index in [1.807, 2.05) is 19.1 Å². The van der Waals surface area contributed by atoms with E-state index in [2.05, 4.69) is 0 Å². The summed E-state index contributed by atoms with van der Waals surface area (Å²) in [5, 5.41) is 10.5. The van der Waals surface area contributed by atoms with Crippen LogP contribution in [-0.4, -0.2) is 16.8 Å². The molecule has 2 aromatic rings. The van der Waals surface area contributed by atoms with Crippen LogP contribution in [0.25, 0.3) is 0 Å². The third kappa shape index (κ3) is 2.86. The standard InChI is InChI=1S/C20H21NO4/c1-12-7-9-13(10-8-12)21-16(14-6-5-11-25-14)15(17(22)19(21)24)18(23)20(2,3)4/h5-11,16,22H,1-4H3. The third-order valence-electron chi connectivity index (χ3n) is 4.26. The van der Waals surface area contributed by atoms with Crippen molar-refractivity contribution < 1.29 is 19.1 Å². The number of benzene rings is 1. The van der Waals surface area contributed by atoms with Crippen molar-refractivity contribution in [3.05, 3.63) is 65.3 Å². The van der Waals surface area contributed by atoms with E-state index in [-0.39, 0.29) is 11.4 Å². The summed E-state index contributed by atoms with van der Waals surface area (Å²) in [7, 11) is 0. The van der Waals surface area contributed by atoms with Gasteiger partial charge in [0.2, 0.25) is 0 Å². The van der Waals surface area contributed by atoms with E-state index in [1.54, 1.807) is 45.0 Å². The molecule has 1 atom stereocenters. The molecule has 0 radical (unpaired) electrons. The van der Waals surface area contributed by atoms with Gasteiger partial charge in [-0.2, -0.15) is 0 Å². The fourth-order valence-corrected chi connectivity index (χ4v) is 2.93. The van der Waals surface area contributed by atoms with Crippen molar-refractivity contribution in [2.24, 2.45) is 5.41 Å². The van der Waals surface area contributed by atoms with Gasteiger partial charge in [0.1, 0.15) is 11.8 Å². The summed E-state index contributed by atoms with van der Waals surface area (Å²) < 4.78 is 5.49. The third-order valence-corrected chi connectivity index (χ3v) is 4.26. The van der Waals surface area contributed by atoms with Crippen LogP contribution in [0.5, 0.6) is 0 Å². The average Bonchev–Trinajstić information content (AvgIpc) is 3.15. The number of hydrogen-bond donors (Lipinski definition) is 1. The Morgan fingerprint density at radius 1 is 1.16 bits per heavy atom. The van der Waals surface area contributed by atoms with E-state index in [0.29, 0.717) is 11.4 Å². The Morgan fingerprint density at radius 2 is 1.80 bits per heavy atom. The fraction of sp³-hybridized carbons (Fsp3) is 0.300. The van der Waals surface area contributed by atoms with E-state index >= 15 is 0 Å². The first kappa shape index (κ1) is 17.0. The first-order valence-corrected chi connectivity index (χ1v) is 8.13. The lowest BCUT2D eigenvalue weighted by Crippen LogP contribution is -2.32. The van der Waals surface area contributed by atoms with Gasteiger partial charge < -0.3 is 9.52 Å². The van der Waals surface area contributed by atoms with Crippen molar-refractivity contribution in [3.63, 3.8) is 0 Å². The van der Waals surface area contributed by atoms with Crippen molar-refractivity contribution in [2.45, 2.75) is 33.7 Å². The molecule has 0 saturated carbocycles. The number of furan rings is 1. The minimum Gasteiger partial charge on any atom is -0.503 e. The Morgan fingerprint density at radius 3 is 2.32 bits per heavy atom. The van der Waals surface area contributed by atoms with Gasteiger partial charge in [0, 0.05) is 11.1 Å². The lowest BCUT2D eigenvalue weighted by atomic mass is 9.83. The number of ketones is 1. The molecule has 1 aliphatic rings. The van der Waals surface area contributed by atoms with Crippen molar-refractivity contribution >= 4 is 17.4 Å². The predicted octanol–water partition coefficient (Wildman–Crippen LogP) is 4.10. The number of rotatable bonds is 3. The van der Waals surface area contributed by atoms with Crippen molar-refractivity contribution in [1.29, 1.82) is 0 Å². The number of amides is 1. The largest absolute Gasteiger partial charge is 0.503 e. The Bertz CT molecular complexity index is 839. The van der Waals surface area contributed by atoms with Gasteiger partial charge in [-0.1, -0.05) is 38.5 Å². The van der Waals surface area contributed by atoms with Gasteiger partial charge in [-0.05, 0) is 31.2 Å². The van der Waals surface area contributed by atoms with Gasteiger partial charge in [0.15, 0.2) is 11.5 Å². The first-order valence-electron chi connectivity index (χ1n) is 8.13. The van der Waals surface area contributed by atoms with Crippen LogP contribution in [0.2, 0.25) is 0 Å². The first-order chi connectivity index (χ1) is 11.7. The fourth-order valence-electron chi connectivity index (χ4n) is 2.93. The minimum absolute atomic E-state index is 0.0769. The van der Waals surface area contributed by atoms with E-state index in [9.17, 15) is 14.7 Å². The van der Waals surface area contributed by atoms with Gasteiger partial charge in [0.05, 0.1) is 11.8 Å². The number of carbonyl (C=O) groups is 2. The van der Waals surface area contributed by atoms with E-state index in [1.165, 1.54) is 11.2 Å². The van der Waals surface area contributed by atoms with Gasteiger partial charge in [0.25, 0.3) is 5.91 Å². The average molecular weight is 339 g/mol. The number of nitrogens with zero attached hydrogens (tertiary/aromatic N) is 1. The molecule has 0 saturated heterocycles. The zero-order chi connectivity index (χ0) is 18.4. The highest BCUT2D eigenvalue weighted by Crippen LogP contribution is 2.43. The number of aliphatic hydroxyl groups is 1. The topological polar surface area (TPSA) is 70.8 Å². The van der Waals surface area contributed by atoms with Crippen LogP contribution in [0.4, 0.5) is 5.69 Å². The number of anilines is 1. The summed E-state index contributed by atoms with van der Waals surface area (Å²) in [6.45, 7) is 7.22. The predicted molar refractivity (Wildman–Crippen MR) is 94.2 cm³/mol. The SMILES string of the molecule is Cc1ccc(N2C(=O)C(O)=C(C(=O)C(C)(C)C)C2c2ccco2)cc1. The number of aryl methyl sites for hydroxylation is 1. The highest BCUT2D eigenvalue weighted by molar-refractivity contribution is 6.17. The number of aliphatic hydroxyl groups excluding tert-OH is 1. The maximum absolute atomic E-state index is 12.9. The van der Waals surface area contributed by atoms with Crippen LogP contribution in [-0.2, 0) is 9.59 Å². The van der Waals surface area contributed by atoms with Crippen molar-refractivity contribution in [3.8, 4) is 0 Å². The van der Waals surface area contributed by atoms with Crippen LogP contribution >= 0.6 is 0 Å². The lowest BCUT2D eigenvalue weighted by Gasteiger charge is -2.27. The summed E-state index contributed by atoms with van der Waals surface area (Å²) in [6.07, 6.45) is 1.49. The Kier molecular flexibility index (Phi) is 4.03. The van der Waals surface area contributed by atoms with Crippen LogP contribution in [0.15, 0.2) is 58.4 Å². The molecular weight excluding hydrogens is 318 g/mol. The van der Waals surface area contributed by atoms with Crippen LogP contribution in [0.1, 0.15) is 38.1 Å². The normalized spacial score (nSPS) is 18.2. The minimum atomic E-state index is -0.781. The van der Waals surface area contributed by atoms with Crippen LogP contribution in [0, 0.1) is 12.3 Å². The van der Waals surface area contributed by atoms with E-state index < -0.39 is 23.1 Å². The Labute approximate surface area is 146 Å². The van der Waals surface area contributed by atoms with Crippen molar-refractivity contribution in [2.75, 3.05) is 4.90 Å². The molecule has 5 nitrogen and oxygen atoms in total. The second kappa shape index (κ2) is 5.92. The molecule has 2 heterocycles. The van der Waals surface area contributed by atoms with Gasteiger partial charge in [-0.25, -0.2) is 0 Å². The molecule has 1 aliphatic heterocycles. The lowest BCUT2D eigenvalue weighted by molar-refractivity contribution is -0.123. The second-order valence-electron chi connectivity index (χ2n) is 7.27. The molecule has 5 heteroatoms. The molecule has 1 unspecified atom stereocenters.